The van der Waals surface area contributed by atoms with E-state index >= 15 is 0 Å². The fourth-order valence-electron chi connectivity index (χ4n) is 1.44. The Morgan fingerprint density at radius 3 is 2.70 bits per heavy atom. The van der Waals surface area contributed by atoms with Crippen molar-refractivity contribution >= 4 is 27.3 Å². The van der Waals surface area contributed by atoms with Crippen molar-refractivity contribution in [3.8, 4) is 11.8 Å². The molecule has 0 radical (unpaired) electrons. The van der Waals surface area contributed by atoms with Gasteiger partial charge in [-0.1, -0.05) is 37.3 Å². The molecule has 0 atom stereocenters. The standard InChI is InChI=1S/C14H19ClN2O2S/c1-11(2)7-9-20(18,19)17-14-10-12(4-3-8-16)5-6-13(14)15/h5-6,10-11,17H,7-9,16H2,1-2H3. The molecule has 0 spiro atoms. The van der Waals surface area contributed by atoms with Gasteiger partial charge in [0.25, 0.3) is 0 Å². The first kappa shape index (κ1) is 16.8. The maximum absolute atomic E-state index is 12.0. The van der Waals surface area contributed by atoms with E-state index in [-0.39, 0.29) is 12.3 Å². The molecule has 6 heteroatoms. The first-order valence-corrected chi connectivity index (χ1v) is 8.36. The fourth-order valence-corrected chi connectivity index (χ4v) is 3.05. The monoisotopic (exact) mass is 314 g/mol. The van der Waals surface area contributed by atoms with E-state index in [1.165, 1.54) is 0 Å². The van der Waals surface area contributed by atoms with E-state index < -0.39 is 10.0 Å². The zero-order valence-electron chi connectivity index (χ0n) is 11.6. The number of benzene rings is 1. The normalized spacial score (nSPS) is 11.1. The number of hydrogen-bond acceptors (Lipinski definition) is 3. The largest absolute Gasteiger partial charge is 0.320 e. The van der Waals surface area contributed by atoms with Crippen molar-refractivity contribution < 1.29 is 8.42 Å². The van der Waals surface area contributed by atoms with E-state index in [2.05, 4.69) is 16.6 Å². The van der Waals surface area contributed by atoms with Gasteiger partial charge in [0, 0.05) is 5.56 Å². The third kappa shape index (κ3) is 5.83. The molecule has 1 rings (SSSR count). The quantitative estimate of drug-likeness (QED) is 0.820. The Labute approximate surface area is 125 Å². The lowest BCUT2D eigenvalue weighted by Crippen LogP contribution is -2.18. The lowest BCUT2D eigenvalue weighted by atomic mass is 10.2. The third-order valence-corrected chi connectivity index (χ3v) is 4.16. The smallest absolute Gasteiger partial charge is 0.232 e. The summed E-state index contributed by atoms with van der Waals surface area (Å²) in [6, 6.07) is 4.94. The molecule has 0 amide bonds. The molecule has 0 fully saturated rings. The van der Waals surface area contributed by atoms with Crippen LogP contribution in [0, 0.1) is 17.8 Å². The second-order valence-electron chi connectivity index (χ2n) is 4.80. The summed E-state index contributed by atoms with van der Waals surface area (Å²) in [6.45, 7) is 4.20. The van der Waals surface area contributed by atoms with Crippen molar-refractivity contribution in [1.82, 2.24) is 0 Å². The van der Waals surface area contributed by atoms with Crippen molar-refractivity contribution in [2.75, 3.05) is 17.0 Å². The maximum atomic E-state index is 12.0. The summed E-state index contributed by atoms with van der Waals surface area (Å²) in [5.74, 6) is 5.94. The van der Waals surface area contributed by atoms with Gasteiger partial charge in [-0.2, -0.15) is 0 Å². The van der Waals surface area contributed by atoms with Crippen LogP contribution in [0.15, 0.2) is 18.2 Å². The van der Waals surface area contributed by atoms with Gasteiger partial charge in [-0.25, -0.2) is 8.42 Å². The number of anilines is 1. The summed E-state index contributed by atoms with van der Waals surface area (Å²) < 4.78 is 26.4. The molecule has 1 aromatic carbocycles. The molecule has 110 valence electrons. The minimum atomic E-state index is -3.40. The van der Waals surface area contributed by atoms with Gasteiger partial charge in [0.1, 0.15) is 0 Å². The molecule has 0 aliphatic carbocycles. The molecule has 0 aromatic heterocycles. The van der Waals surface area contributed by atoms with E-state index in [0.29, 0.717) is 28.6 Å². The van der Waals surface area contributed by atoms with Gasteiger partial charge < -0.3 is 5.73 Å². The minimum Gasteiger partial charge on any atom is -0.320 e. The van der Waals surface area contributed by atoms with Crippen LogP contribution in [-0.4, -0.2) is 20.7 Å². The fraction of sp³-hybridized carbons (Fsp3) is 0.429. The summed E-state index contributed by atoms with van der Waals surface area (Å²) in [5.41, 5.74) is 6.32. The van der Waals surface area contributed by atoms with E-state index in [1.54, 1.807) is 18.2 Å². The predicted octanol–water partition coefficient (Wildman–Crippen LogP) is 2.44. The van der Waals surface area contributed by atoms with Crippen LogP contribution in [0.1, 0.15) is 25.8 Å². The highest BCUT2D eigenvalue weighted by molar-refractivity contribution is 7.92. The topological polar surface area (TPSA) is 72.2 Å². The highest BCUT2D eigenvalue weighted by Gasteiger charge is 2.13. The SMILES string of the molecule is CC(C)CCS(=O)(=O)Nc1cc(C#CCN)ccc1Cl. The highest BCUT2D eigenvalue weighted by atomic mass is 35.5. The third-order valence-electron chi connectivity index (χ3n) is 2.53. The molecular formula is C14H19ClN2O2S. The van der Waals surface area contributed by atoms with Gasteiger partial charge in [-0.15, -0.1) is 0 Å². The Bertz CT molecular complexity index is 616. The van der Waals surface area contributed by atoms with Crippen LogP contribution in [0.4, 0.5) is 5.69 Å². The van der Waals surface area contributed by atoms with Crippen molar-refractivity contribution in [2.45, 2.75) is 20.3 Å². The van der Waals surface area contributed by atoms with E-state index in [0.717, 1.165) is 0 Å². The Morgan fingerprint density at radius 2 is 2.10 bits per heavy atom. The molecule has 0 aliphatic heterocycles. The van der Waals surface area contributed by atoms with Crippen LogP contribution in [-0.2, 0) is 10.0 Å². The van der Waals surface area contributed by atoms with Crippen LogP contribution in [0.3, 0.4) is 0 Å². The summed E-state index contributed by atoms with van der Waals surface area (Å²) in [4.78, 5) is 0. The van der Waals surface area contributed by atoms with Crippen LogP contribution in [0.5, 0.6) is 0 Å². The molecule has 0 saturated carbocycles. The Kier molecular flexibility index (Phi) is 6.34. The molecule has 20 heavy (non-hydrogen) atoms. The first-order valence-electron chi connectivity index (χ1n) is 6.33. The van der Waals surface area contributed by atoms with Crippen LogP contribution in [0.25, 0.3) is 0 Å². The number of nitrogens with two attached hydrogens (primary N) is 1. The Balaban J connectivity index is 2.91. The average Bonchev–Trinajstić information content (AvgIpc) is 2.37. The lowest BCUT2D eigenvalue weighted by Gasteiger charge is -2.11. The first-order chi connectivity index (χ1) is 9.34. The van der Waals surface area contributed by atoms with Gasteiger partial charge >= 0.3 is 0 Å². The van der Waals surface area contributed by atoms with E-state index in [4.69, 9.17) is 17.3 Å². The second kappa shape index (κ2) is 7.53. The summed E-state index contributed by atoms with van der Waals surface area (Å²) in [6.07, 6.45) is 0.597. The van der Waals surface area contributed by atoms with Gasteiger partial charge in [-0.3, -0.25) is 4.72 Å². The van der Waals surface area contributed by atoms with E-state index in [9.17, 15) is 8.42 Å². The maximum Gasteiger partial charge on any atom is 0.232 e. The minimum absolute atomic E-state index is 0.0691. The van der Waals surface area contributed by atoms with Crippen LogP contribution < -0.4 is 10.5 Å². The van der Waals surface area contributed by atoms with Gasteiger partial charge in [0.05, 0.1) is 23.0 Å². The average molecular weight is 315 g/mol. The van der Waals surface area contributed by atoms with Crippen molar-refractivity contribution in [3.63, 3.8) is 0 Å². The van der Waals surface area contributed by atoms with Crippen molar-refractivity contribution in [3.05, 3.63) is 28.8 Å². The zero-order valence-corrected chi connectivity index (χ0v) is 13.2. The van der Waals surface area contributed by atoms with Crippen LogP contribution in [0.2, 0.25) is 5.02 Å². The molecule has 0 aliphatic rings. The number of nitrogens with one attached hydrogen (secondary N) is 1. The molecule has 0 bridgehead atoms. The number of hydrogen-bond donors (Lipinski definition) is 2. The number of halogens is 1. The van der Waals surface area contributed by atoms with E-state index in [1.807, 2.05) is 13.8 Å². The molecule has 0 unspecified atom stereocenters. The van der Waals surface area contributed by atoms with Gasteiger partial charge in [0.15, 0.2) is 0 Å². The second-order valence-corrected chi connectivity index (χ2v) is 7.05. The summed E-state index contributed by atoms with van der Waals surface area (Å²) >= 11 is 6.00. The van der Waals surface area contributed by atoms with Crippen LogP contribution >= 0.6 is 11.6 Å². The van der Waals surface area contributed by atoms with Crippen molar-refractivity contribution in [1.29, 1.82) is 0 Å². The predicted molar refractivity (Wildman–Crippen MR) is 84.2 cm³/mol. The highest BCUT2D eigenvalue weighted by Crippen LogP contribution is 2.24. The number of sulfonamides is 1. The summed E-state index contributed by atoms with van der Waals surface area (Å²) in [7, 11) is -3.40. The molecule has 1 aromatic rings. The summed E-state index contributed by atoms with van der Waals surface area (Å²) in [5, 5.41) is 0.344. The molecule has 3 N–H and O–H groups in total. The zero-order chi connectivity index (χ0) is 15.2. The molecular weight excluding hydrogens is 296 g/mol. The lowest BCUT2D eigenvalue weighted by molar-refractivity contribution is 0.578. The van der Waals surface area contributed by atoms with Gasteiger partial charge in [0.2, 0.25) is 10.0 Å². The Morgan fingerprint density at radius 1 is 1.40 bits per heavy atom. The van der Waals surface area contributed by atoms with Crippen molar-refractivity contribution in [2.24, 2.45) is 11.7 Å². The Hall–Kier alpha value is -1.22. The molecule has 4 nitrogen and oxygen atoms in total. The molecule has 0 saturated heterocycles. The van der Waals surface area contributed by atoms with Gasteiger partial charge in [-0.05, 0) is 30.5 Å². The number of rotatable bonds is 5. The molecule has 0 heterocycles.